The summed E-state index contributed by atoms with van der Waals surface area (Å²) in [6.45, 7) is 4.26. The molecule has 0 radical (unpaired) electrons. The van der Waals surface area contributed by atoms with E-state index in [0.717, 1.165) is 31.4 Å². The first kappa shape index (κ1) is 18.1. The second kappa shape index (κ2) is 6.38. The van der Waals surface area contributed by atoms with Gasteiger partial charge in [-0.1, -0.05) is 25.5 Å². The summed E-state index contributed by atoms with van der Waals surface area (Å²) < 4.78 is 0. The molecule has 0 spiro atoms. The lowest BCUT2D eigenvalue weighted by atomic mass is 9.48. The van der Waals surface area contributed by atoms with Crippen molar-refractivity contribution in [3.63, 3.8) is 0 Å². The topological polar surface area (TPSA) is 81.6 Å². The van der Waals surface area contributed by atoms with Gasteiger partial charge in [0.2, 0.25) is 0 Å². The fourth-order valence-electron chi connectivity index (χ4n) is 6.64. The molecule has 5 nitrogen and oxygen atoms in total. The number of carbonyl (C=O) groups excluding carboxylic acids is 1. The van der Waals surface area contributed by atoms with Gasteiger partial charge in [-0.3, -0.25) is 10.3 Å². The molecule has 6 atom stereocenters. The summed E-state index contributed by atoms with van der Waals surface area (Å²) in [5, 5.41) is 21.0. The van der Waals surface area contributed by atoms with E-state index in [-0.39, 0.29) is 16.9 Å². The lowest BCUT2D eigenvalue weighted by Gasteiger charge is -2.57. The molecule has 3 saturated carbocycles. The molecular formula is C21H30NO4-. The molecule has 2 N–H and O–H groups in total. The second-order valence-electron chi connectivity index (χ2n) is 9.27. The second-order valence-corrected chi connectivity index (χ2v) is 9.27. The first-order valence-corrected chi connectivity index (χ1v) is 10.0. The predicted octanol–water partition coefficient (Wildman–Crippen LogP) is 2.07. The standard InChI is InChI=1S/C21H31NO4/c1-20-9-7-14(22-26-12-19(24)25)11-13(20)3-4-15-16-5-6-18(23)21(16,2)10-8-17(15)20/h7,11,15-18,22-23H,3-6,8-10,12H2,1-2H3,(H,24,25)/p-1/t15-,16-,17-,18+,20-,21+/m0/s1. The van der Waals surface area contributed by atoms with Gasteiger partial charge in [0.15, 0.2) is 0 Å². The van der Waals surface area contributed by atoms with Crippen molar-refractivity contribution in [1.82, 2.24) is 5.48 Å². The molecule has 0 aromatic carbocycles. The monoisotopic (exact) mass is 360 g/mol. The zero-order chi connectivity index (χ0) is 18.5. The van der Waals surface area contributed by atoms with Crippen molar-refractivity contribution in [3.05, 3.63) is 23.4 Å². The van der Waals surface area contributed by atoms with Crippen molar-refractivity contribution in [2.45, 2.75) is 64.9 Å². The SMILES string of the molecule is C[C@@]12CC[C@H]3[C@@H](CCC4=CC(NOCC(=O)[O-])=CC[C@@]43C)[C@@H]1CC[C@H]2O. The summed E-state index contributed by atoms with van der Waals surface area (Å²) in [5.74, 6) is 0.818. The number of aliphatic hydroxyl groups is 1. The number of hydroxylamine groups is 1. The number of allylic oxidation sites excluding steroid dienone is 3. The third-order valence-electron chi connectivity index (χ3n) is 8.14. The van der Waals surface area contributed by atoms with Gasteiger partial charge in [0.05, 0.1) is 17.8 Å². The van der Waals surface area contributed by atoms with Crippen molar-refractivity contribution in [3.8, 4) is 0 Å². The summed E-state index contributed by atoms with van der Waals surface area (Å²) in [5.41, 5.74) is 5.37. The van der Waals surface area contributed by atoms with Crippen LogP contribution in [0.4, 0.5) is 0 Å². The molecule has 0 bridgehead atoms. The van der Waals surface area contributed by atoms with Crippen LogP contribution in [-0.2, 0) is 9.63 Å². The number of hydrogen-bond acceptors (Lipinski definition) is 5. The molecule has 0 amide bonds. The molecule has 0 aromatic rings. The van der Waals surface area contributed by atoms with Gasteiger partial charge in [0.1, 0.15) is 6.61 Å². The Balaban J connectivity index is 1.50. The number of hydrogen-bond donors (Lipinski definition) is 2. The number of aliphatic carboxylic acids is 1. The van der Waals surface area contributed by atoms with E-state index in [1.807, 2.05) is 0 Å². The highest BCUT2D eigenvalue weighted by atomic mass is 16.7. The Kier molecular flexibility index (Phi) is 4.43. The highest BCUT2D eigenvalue weighted by Gasteiger charge is 2.58. The molecule has 144 valence electrons. The number of carboxylic acids is 1. The van der Waals surface area contributed by atoms with E-state index in [0.29, 0.717) is 17.8 Å². The van der Waals surface area contributed by atoms with Crippen LogP contribution in [0.1, 0.15) is 58.8 Å². The van der Waals surface area contributed by atoms with Crippen molar-refractivity contribution in [2.24, 2.45) is 28.6 Å². The van der Waals surface area contributed by atoms with Crippen LogP contribution in [0, 0.1) is 28.6 Å². The van der Waals surface area contributed by atoms with Crippen molar-refractivity contribution in [2.75, 3.05) is 6.61 Å². The van der Waals surface area contributed by atoms with Crippen molar-refractivity contribution >= 4 is 5.97 Å². The number of fused-ring (bicyclic) bond motifs is 5. The summed E-state index contributed by atoms with van der Waals surface area (Å²) in [4.78, 5) is 15.5. The molecule has 4 rings (SSSR count). The third-order valence-corrected chi connectivity index (χ3v) is 8.14. The molecule has 0 unspecified atom stereocenters. The maximum absolute atomic E-state index is 10.5. The molecule has 26 heavy (non-hydrogen) atoms. The molecule has 0 saturated heterocycles. The number of carbonyl (C=O) groups is 1. The maximum Gasteiger partial charge on any atom is 0.114 e. The lowest BCUT2D eigenvalue weighted by molar-refractivity contribution is -0.310. The van der Waals surface area contributed by atoms with Crippen molar-refractivity contribution in [1.29, 1.82) is 0 Å². The Morgan fingerprint density at radius 2 is 2.12 bits per heavy atom. The first-order chi connectivity index (χ1) is 12.3. The highest BCUT2D eigenvalue weighted by Crippen LogP contribution is 2.65. The smallest absolute Gasteiger partial charge is 0.114 e. The van der Waals surface area contributed by atoms with Gasteiger partial charge in [-0.15, -0.1) is 0 Å². The van der Waals surface area contributed by atoms with Gasteiger partial charge in [0, 0.05) is 0 Å². The summed E-state index contributed by atoms with van der Waals surface area (Å²) >= 11 is 0. The quantitative estimate of drug-likeness (QED) is 0.750. The molecular weight excluding hydrogens is 330 g/mol. The Hall–Kier alpha value is -1.33. The number of aliphatic hydroxyl groups excluding tert-OH is 1. The minimum atomic E-state index is -1.23. The van der Waals surface area contributed by atoms with Gasteiger partial charge in [-0.05, 0) is 79.6 Å². The molecule has 0 aliphatic heterocycles. The molecule has 4 aliphatic carbocycles. The fourth-order valence-corrected chi connectivity index (χ4v) is 6.64. The van der Waals surface area contributed by atoms with Gasteiger partial charge in [-0.2, -0.15) is 0 Å². The van der Waals surface area contributed by atoms with Gasteiger partial charge in [-0.25, -0.2) is 0 Å². The normalized spacial score (nSPS) is 44.3. The Bertz CT molecular complexity index is 656. The number of carboxylic acid groups (broad SMARTS) is 1. The molecule has 0 heterocycles. The first-order valence-electron chi connectivity index (χ1n) is 10.0. The Morgan fingerprint density at radius 1 is 1.31 bits per heavy atom. The van der Waals surface area contributed by atoms with Crippen LogP contribution in [0.15, 0.2) is 23.4 Å². The summed E-state index contributed by atoms with van der Waals surface area (Å²) in [7, 11) is 0. The maximum atomic E-state index is 10.5. The average Bonchev–Trinajstić information content (AvgIpc) is 2.90. The largest absolute Gasteiger partial charge is 0.548 e. The van der Waals surface area contributed by atoms with Crippen LogP contribution in [0.5, 0.6) is 0 Å². The Labute approximate surface area is 155 Å². The molecule has 4 aliphatic rings. The zero-order valence-corrected chi connectivity index (χ0v) is 15.8. The van der Waals surface area contributed by atoms with E-state index in [2.05, 4.69) is 31.5 Å². The molecule has 5 heteroatoms. The van der Waals surface area contributed by atoms with Crippen LogP contribution >= 0.6 is 0 Å². The van der Waals surface area contributed by atoms with E-state index in [1.54, 1.807) is 0 Å². The lowest BCUT2D eigenvalue weighted by Crippen LogP contribution is -2.50. The van der Waals surface area contributed by atoms with Crippen LogP contribution in [0.2, 0.25) is 0 Å². The van der Waals surface area contributed by atoms with Gasteiger partial charge >= 0.3 is 0 Å². The molecule has 0 aromatic heterocycles. The van der Waals surface area contributed by atoms with Crippen LogP contribution in [0.3, 0.4) is 0 Å². The Morgan fingerprint density at radius 3 is 2.88 bits per heavy atom. The predicted molar refractivity (Wildman–Crippen MR) is 95.3 cm³/mol. The highest BCUT2D eigenvalue weighted by molar-refractivity contribution is 5.65. The zero-order valence-electron chi connectivity index (χ0n) is 15.8. The van der Waals surface area contributed by atoms with E-state index in [4.69, 9.17) is 4.84 Å². The van der Waals surface area contributed by atoms with E-state index >= 15 is 0 Å². The number of rotatable bonds is 4. The summed E-state index contributed by atoms with van der Waals surface area (Å²) in [6.07, 6.45) is 11.9. The van der Waals surface area contributed by atoms with E-state index in [9.17, 15) is 15.0 Å². The van der Waals surface area contributed by atoms with E-state index < -0.39 is 12.6 Å². The summed E-state index contributed by atoms with van der Waals surface area (Å²) in [6, 6.07) is 0. The average molecular weight is 360 g/mol. The third kappa shape index (κ3) is 2.71. The van der Waals surface area contributed by atoms with Crippen LogP contribution in [-0.4, -0.2) is 23.8 Å². The van der Waals surface area contributed by atoms with Gasteiger partial charge in [0.25, 0.3) is 0 Å². The van der Waals surface area contributed by atoms with Crippen LogP contribution in [0.25, 0.3) is 0 Å². The minimum absolute atomic E-state index is 0.120. The van der Waals surface area contributed by atoms with Crippen LogP contribution < -0.4 is 10.6 Å². The molecule has 3 fully saturated rings. The van der Waals surface area contributed by atoms with Gasteiger partial charge < -0.3 is 15.0 Å². The minimum Gasteiger partial charge on any atom is -0.548 e. The van der Waals surface area contributed by atoms with E-state index in [1.165, 1.54) is 24.8 Å². The fraction of sp³-hybridized carbons (Fsp3) is 0.762. The number of nitrogens with one attached hydrogen (secondary N) is 1. The van der Waals surface area contributed by atoms with Crippen molar-refractivity contribution < 1.29 is 19.8 Å².